The molecule has 2 unspecified atom stereocenters. The topological polar surface area (TPSA) is 39.1 Å². The maximum Gasteiger partial charge on any atom is 0.0638 e. The molecule has 1 aliphatic heterocycles. The SMILES string of the molecule is CC(C)c1ccc(N2CC(CC#N)NCC2C)cc1. The Balaban J connectivity index is 2.12. The average molecular weight is 257 g/mol. The highest BCUT2D eigenvalue weighted by Gasteiger charge is 2.24. The van der Waals surface area contributed by atoms with Crippen molar-refractivity contribution in [3.05, 3.63) is 29.8 Å². The van der Waals surface area contributed by atoms with Crippen LogP contribution in [0.1, 0.15) is 38.7 Å². The van der Waals surface area contributed by atoms with E-state index in [1.54, 1.807) is 0 Å². The standard InChI is InChI=1S/C16H23N3/c1-12(2)14-4-6-16(7-5-14)19-11-15(8-9-17)18-10-13(19)3/h4-7,12-13,15,18H,8,10-11H2,1-3H3. The summed E-state index contributed by atoms with van der Waals surface area (Å²) in [6.45, 7) is 8.51. The van der Waals surface area contributed by atoms with Gasteiger partial charge in [-0.3, -0.25) is 0 Å². The molecule has 0 amide bonds. The minimum Gasteiger partial charge on any atom is -0.366 e. The van der Waals surface area contributed by atoms with Gasteiger partial charge >= 0.3 is 0 Å². The lowest BCUT2D eigenvalue weighted by atomic mass is 10.0. The molecule has 1 N–H and O–H groups in total. The molecule has 0 radical (unpaired) electrons. The van der Waals surface area contributed by atoms with E-state index in [1.165, 1.54) is 11.3 Å². The Bertz CT molecular complexity index is 444. The zero-order chi connectivity index (χ0) is 13.8. The predicted octanol–water partition coefficient (Wildman–Crippen LogP) is 2.89. The van der Waals surface area contributed by atoms with E-state index in [-0.39, 0.29) is 6.04 Å². The van der Waals surface area contributed by atoms with E-state index in [1.807, 2.05) is 0 Å². The number of hydrogen-bond acceptors (Lipinski definition) is 3. The first-order chi connectivity index (χ1) is 9.11. The predicted molar refractivity (Wildman–Crippen MR) is 79.4 cm³/mol. The van der Waals surface area contributed by atoms with Gasteiger partial charge in [0.2, 0.25) is 0 Å². The monoisotopic (exact) mass is 257 g/mol. The minimum atomic E-state index is 0.283. The zero-order valence-corrected chi connectivity index (χ0v) is 12.1. The van der Waals surface area contributed by atoms with Crippen molar-refractivity contribution in [2.75, 3.05) is 18.0 Å². The molecule has 1 aromatic rings. The quantitative estimate of drug-likeness (QED) is 0.905. The Morgan fingerprint density at radius 1 is 1.37 bits per heavy atom. The van der Waals surface area contributed by atoms with E-state index in [9.17, 15) is 0 Å². The van der Waals surface area contributed by atoms with Crippen LogP contribution in [0.2, 0.25) is 0 Å². The van der Waals surface area contributed by atoms with Crippen LogP contribution in [0.5, 0.6) is 0 Å². The molecule has 1 heterocycles. The summed E-state index contributed by atoms with van der Waals surface area (Å²) in [5.41, 5.74) is 2.64. The van der Waals surface area contributed by atoms with Gasteiger partial charge in [0.15, 0.2) is 0 Å². The summed E-state index contributed by atoms with van der Waals surface area (Å²) < 4.78 is 0. The fourth-order valence-corrected chi connectivity index (χ4v) is 2.59. The second-order valence-corrected chi connectivity index (χ2v) is 5.72. The lowest BCUT2D eigenvalue weighted by Gasteiger charge is -2.40. The molecule has 0 aliphatic carbocycles. The lowest BCUT2D eigenvalue weighted by Crippen LogP contribution is -2.55. The Morgan fingerprint density at radius 2 is 2.05 bits per heavy atom. The Kier molecular flexibility index (Phi) is 4.44. The van der Waals surface area contributed by atoms with Crippen LogP contribution in [-0.4, -0.2) is 25.2 Å². The second kappa shape index (κ2) is 6.08. The number of nitrogens with zero attached hydrogens (tertiary/aromatic N) is 2. The van der Waals surface area contributed by atoms with E-state index >= 15 is 0 Å². The number of nitrogens with one attached hydrogen (secondary N) is 1. The lowest BCUT2D eigenvalue weighted by molar-refractivity contribution is 0.409. The van der Waals surface area contributed by atoms with Crippen molar-refractivity contribution in [3.8, 4) is 6.07 Å². The van der Waals surface area contributed by atoms with Gasteiger partial charge in [0.1, 0.15) is 0 Å². The maximum absolute atomic E-state index is 8.83. The largest absolute Gasteiger partial charge is 0.366 e. The van der Waals surface area contributed by atoms with E-state index in [0.717, 1.165) is 13.1 Å². The van der Waals surface area contributed by atoms with Gasteiger partial charge < -0.3 is 10.2 Å². The molecule has 0 bridgehead atoms. The number of piperazine rings is 1. The summed E-state index contributed by atoms with van der Waals surface area (Å²) in [5.74, 6) is 0.570. The zero-order valence-electron chi connectivity index (χ0n) is 12.1. The third-order valence-electron chi connectivity index (χ3n) is 3.88. The normalized spacial score (nSPS) is 23.4. The van der Waals surface area contributed by atoms with Gasteiger partial charge in [-0.1, -0.05) is 26.0 Å². The molecule has 1 saturated heterocycles. The Morgan fingerprint density at radius 3 is 2.63 bits per heavy atom. The summed E-state index contributed by atoms with van der Waals surface area (Å²) in [6.07, 6.45) is 0.577. The van der Waals surface area contributed by atoms with Gasteiger partial charge in [-0.05, 0) is 30.5 Å². The van der Waals surface area contributed by atoms with E-state index in [2.05, 4.69) is 61.3 Å². The van der Waals surface area contributed by atoms with Crippen molar-refractivity contribution in [1.29, 1.82) is 5.26 Å². The van der Waals surface area contributed by atoms with Gasteiger partial charge in [-0.25, -0.2) is 0 Å². The molecule has 1 fully saturated rings. The van der Waals surface area contributed by atoms with Crippen LogP contribution in [-0.2, 0) is 0 Å². The average Bonchev–Trinajstić information content (AvgIpc) is 2.41. The highest BCUT2D eigenvalue weighted by atomic mass is 15.2. The van der Waals surface area contributed by atoms with Crippen molar-refractivity contribution in [2.24, 2.45) is 0 Å². The minimum absolute atomic E-state index is 0.283. The van der Waals surface area contributed by atoms with Crippen LogP contribution in [0, 0.1) is 11.3 Å². The van der Waals surface area contributed by atoms with Crippen molar-refractivity contribution in [2.45, 2.75) is 45.2 Å². The second-order valence-electron chi connectivity index (χ2n) is 5.72. The number of rotatable bonds is 3. The summed E-state index contributed by atoms with van der Waals surface area (Å²) in [4.78, 5) is 2.41. The molecule has 0 spiro atoms. The third kappa shape index (κ3) is 3.27. The van der Waals surface area contributed by atoms with Gasteiger partial charge in [0.05, 0.1) is 12.5 Å². The fourth-order valence-electron chi connectivity index (χ4n) is 2.59. The highest BCUT2D eigenvalue weighted by molar-refractivity contribution is 5.49. The van der Waals surface area contributed by atoms with Crippen molar-refractivity contribution in [1.82, 2.24) is 5.32 Å². The van der Waals surface area contributed by atoms with Crippen LogP contribution in [0.4, 0.5) is 5.69 Å². The molecular formula is C16H23N3. The molecule has 3 nitrogen and oxygen atoms in total. The molecule has 3 heteroatoms. The molecule has 2 atom stereocenters. The molecule has 102 valence electrons. The van der Waals surface area contributed by atoms with E-state index < -0.39 is 0 Å². The fraction of sp³-hybridized carbons (Fsp3) is 0.562. The number of benzene rings is 1. The summed E-state index contributed by atoms with van der Waals surface area (Å²) in [7, 11) is 0. The highest BCUT2D eigenvalue weighted by Crippen LogP contribution is 2.23. The third-order valence-corrected chi connectivity index (χ3v) is 3.88. The van der Waals surface area contributed by atoms with Gasteiger partial charge in [-0.15, -0.1) is 0 Å². The first-order valence-electron chi connectivity index (χ1n) is 7.08. The molecule has 0 aromatic heterocycles. The Labute approximate surface area is 116 Å². The smallest absolute Gasteiger partial charge is 0.0638 e. The number of anilines is 1. The van der Waals surface area contributed by atoms with E-state index in [0.29, 0.717) is 18.4 Å². The summed E-state index contributed by atoms with van der Waals surface area (Å²) >= 11 is 0. The van der Waals surface area contributed by atoms with Gasteiger partial charge in [0.25, 0.3) is 0 Å². The number of hydrogen-bond donors (Lipinski definition) is 1. The summed E-state index contributed by atoms with van der Waals surface area (Å²) in [6, 6.07) is 11.9. The van der Waals surface area contributed by atoms with Crippen LogP contribution in [0.3, 0.4) is 0 Å². The molecule has 1 aliphatic rings. The van der Waals surface area contributed by atoms with Crippen molar-refractivity contribution < 1.29 is 0 Å². The van der Waals surface area contributed by atoms with Crippen molar-refractivity contribution in [3.63, 3.8) is 0 Å². The van der Waals surface area contributed by atoms with Crippen LogP contribution in [0.15, 0.2) is 24.3 Å². The Hall–Kier alpha value is -1.53. The van der Waals surface area contributed by atoms with Gasteiger partial charge in [0, 0.05) is 30.9 Å². The van der Waals surface area contributed by atoms with Crippen LogP contribution >= 0.6 is 0 Å². The van der Waals surface area contributed by atoms with E-state index in [4.69, 9.17) is 5.26 Å². The molecule has 2 rings (SSSR count). The molecule has 1 aromatic carbocycles. The van der Waals surface area contributed by atoms with Crippen molar-refractivity contribution >= 4 is 5.69 Å². The molecular weight excluding hydrogens is 234 g/mol. The summed E-state index contributed by atoms with van der Waals surface area (Å²) in [5, 5.41) is 12.3. The number of nitriles is 1. The van der Waals surface area contributed by atoms with Crippen LogP contribution < -0.4 is 10.2 Å². The first-order valence-corrected chi connectivity index (χ1v) is 7.08. The maximum atomic E-state index is 8.83. The van der Waals surface area contributed by atoms with Crippen LogP contribution in [0.25, 0.3) is 0 Å². The van der Waals surface area contributed by atoms with Gasteiger partial charge in [-0.2, -0.15) is 5.26 Å². The first kappa shape index (κ1) is 13.9. The molecule has 0 saturated carbocycles. The molecule has 19 heavy (non-hydrogen) atoms.